The summed E-state index contributed by atoms with van der Waals surface area (Å²) in [7, 11) is 1.79. The van der Waals surface area contributed by atoms with Crippen LogP contribution in [0.2, 0.25) is 0 Å². The lowest BCUT2D eigenvalue weighted by molar-refractivity contribution is -0.137. The Morgan fingerprint density at radius 2 is 1.96 bits per heavy atom. The molecule has 5 nitrogen and oxygen atoms in total. The molecule has 0 aliphatic heterocycles. The highest BCUT2D eigenvalue weighted by Crippen LogP contribution is 2.15. The maximum atomic E-state index is 10.6. The third kappa shape index (κ3) is 5.75. The van der Waals surface area contributed by atoms with Gasteiger partial charge in [-0.15, -0.1) is 0 Å². The molecule has 2 rings (SSSR count). The summed E-state index contributed by atoms with van der Waals surface area (Å²) in [6.45, 7) is 1.15. The van der Waals surface area contributed by atoms with Gasteiger partial charge in [-0.25, -0.2) is 0 Å². The summed E-state index contributed by atoms with van der Waals surface area (Å²) in [6.07, 6.45) is 0.786. The molecular weight excluding hydrogens is 304 g/mol. The van der Waals surface area contributed by atoms with Gasteiger partial charge in [-0.05, 0) is 48.9 Å². The number of likely N-dealkylation sites (N-methyl/N-ethyl adjacent to an activating group) is 1. The minimum Gasteiger partial charge on any atom is -0.489 e. The number of nitriles is 1. The summed E-state index contributed by atoms with van der Waals surface area (Å²) in [5.41, 5.74) is 2.71. The van der Waals surface area contributed by atoms with Crippen molar-refractivity contribution < 1.29 is 14.6 Å². The Balaban J connectivity index is 1.83. The summed E-state index contributed by atoms with van der Waals surface area (Å²) < 4.78 is 5.73. The van der Waals surface area contributed by atoms with E-state index in [0.717, 1.165) is 23.3 Å². The molecule has 0 saturated heterocycles. The Morgan fingerprint density at radius 3 is 2.62 bits per heavy atom. The fourth-order valence-corrected chi connectivity index (χ4v) is 2.28. The number of carbonyl (C=O) groups is 1. The normalized spacial score (nSPS) is 10.4. The second-order valence-corrected chi connectivity index (χ2v) is 5.63. The van der Waals surface area contributed by atoms with Crippen molar-refractivity contribution in [2.45, 2.75) is 13.0 Å². The predicted molar refractivity (Wildman–Crippen MR) is 90.8 cm³/mol. The zero-order valence-corrected chi connectivity index (χ0v) is 13.6. The van der Waals surface area contributed by atoms with Gasteiger partial charge in [0.1, 0.15) is 12.4 Å². The highest BCUT2D eigenvalue weighted by Gasteiger charge is 2.04. The molecule has 0 aromatic heterocycles. The van der Waals surface area contributed by atoms with Crippen molar-refractivity contribution in [2.75, 3.05) is 20.1 Å². The molecule has 2 aromatic carbocycles. The van der Waals surface area contributed by atoms with Gasteiger partial charge in [0.25, 0.3) is 0 Å². The average molecular weight is 324 g/mol. The molecule has 0 aliphatic carbocycles. The van der Waals surface area contributed by atoms with E-state index in [1.54, 1.807) is 18.0 Å². The van der Waals surface area contributed by atoms with Crippen LogP contribution in [0.5, 0.6) is 5.75 Å². The lowest BCUT2D eigenvalue weighted by Crippen LogP contribution is -2.27. The molecule has 0 fully saturated rings. The van der Waals surface area contributed by atoms with E-state index in [2.05, 4.69) is 6.07 Å². The molecule has 1 N–H and O–H groups in total. The van der Waals surface area contributed by atoms with E-state index in [0.29, 0.717) is 18.7 Å². The molecule has 0 unspecified atom stereocenters. The number of carboxylic acids is 1. The Labute approximate surface area is 141 Å². The summed E-state index contributed by atoms with van der Waals surface area (Å²) in [4.78, 5) is 12.4. The fraction of sp³-hybridized carbons (Fsp3) is 0.263. The van der Waals surface area contributed by atoms with Gasteiger partial charge in [-0.2, -0.15) is 5.26 Å². The molecule has 0 amide bonds. The predicted octanol–water partition coefficient (Wildman–Crippen LogP) is 2.70. The number of aliphatic carboxylic acids is 1. The van der Waals surface area contributed by atoms with Gasteiger partial charge in [-0.3, -0.25) is 9.69 Å². The van der Waals surface area contributed by atoms with Crippen LogP contribution >= 0.6 is 0 Å². The Bertz CT molecular complexity index is 720. The standard InChI is InChI=1S/C19H20N2O3/c1-21(13-19(22)23)10-9-15-5-7-18(8-6-15)24-14-17-4-2-3-16(11-17)12-20/h2-8,11H,9-10,13-14H2,1H3,(H,22,23). The lowest BCUT2D eigenvalue weighted by Gasteiger charge is -2.13. The van der Waals surface area contributed by atoms with Gasteiger partial charge in [-0.1, -0.05) is 24.3 Å². The van der Waals surface area contributed by atoms with Crippen molar-refractivity contribution >= 4 is 5.97 Å². The van der Waals surface area contributed by atoms with Crippen LogP contribution < -0.4 is 4.74 Å². The van der Waals surface area contributed by atoms with E-state index in [1.165, 1.54) is 0 Å². The van der Waals surface area contributed by atoms with Gasteiger partial charge in [0.05, 0.1) is 18.2 Å². The van der Waals surface area contributed by atoms with E-state index in [9.17, 15) is 4.79 Å². The van der Waals surface area contributed by atoms with Crippen molar-refractivity contribution in [1.82, 2.24) is 4.90 Å². The molecule has 0 aliphatic rings. The topological polar surface area (TPSA) is 73.6 Å². The minimum absolute atomic E-state index is 0.0446. The maximum absolute atomic E-state index is 10.6. The minimum atomic E-state index is -0.818. The molecule has 2 aromatic rings. The molecule has 124 valence electrons. The van der Waals surface area contributed by atoms with E-state index in [-0.39, 0.29) is 6.54 Å². The van der Waals surface area contributed by atoms with Crippen LogP contribution in [-0.2, 0) is 17.8 Å². The highest BCUT2D eigenvalue weighted by atomic mass is 16.5. The summed E-state index contributed by atoms with van der Waals surface area (Å²) in [5, 5.41) is 17.6. The maximum Gasteiger partial charge on any atom is 0.317 e. The van der Waals surface area contributed by atoms with Crippen molar-refractivity contribution in [3.8, 4) is 11.8 Å². The second kappa shape index (κ2) is 8.70. The summed E-state index contributed by atoms with van der Waals surface area (Å²) in [5.74, 6) is -0.0540. The first-order valence-electron chi connectivity index (χ1n) is 7.68. The first-order valence-corrected chi connectivity index (χ1v) is 7.68. The van der Waals surface area contributed by atoms with E-state index >= 15 is 0 Å². The van der Waals surface area contributed by atoms with Gasteiger partial charge >= 0.3 is 5.97 Å². The second-order valence-electron chi connectivity index (χ2n) is 5.63. The molecule has 0 radical (unpaired) electrons. The van der Waals surface area contributed by atoms with Gasteiger partial charge in [0.15, 0.2) is 0 Å². The number of rotatable bonds is 8. The van der Waals surface area contributed by atoms with Crippen LogP contribution in [0.25, 0.3) is 0 Å². The molecule has 24 heavy (non-hydrogen) atoms. The molecule has 5 heteroatoms. The van der Waals surface area contributed by atoms with E-state index in [1.807, 2.05) is 42.5 Å². The average Bonchev–Trinajstić information content (AvgIpc) is 2.58. The third-order valence-corrected chi connectivity index (χ3v) is 3.57. The lowest BCUT2D eigenvalue weighted by atomic mass is 10.1. The van der Waals surface area contributed by atoms with Crippen molar-refractivity contribution in [1.29, 1.82) is 5.26 Å². The molecule has 0 spiro atoms. The fourth-order valence-electron chi connectivity index (χ4n) is 2.28. The van der Waals surface area contributed by atoms with Gasteiger partial charge in [0.2, 0.25) is 0 Å². The van der Waals surface area contributed by atoms with Crippen LogP contribution in [0.1, 0.15) is 16.7 Å². The van der Waals surface area contributed by atoms with Crippen LogP contribution in [0, 0.1) is 11.3 Å². The zero-order chi connectivity index (χ0) is 17.4. The molecule has 0 atom stereocenters. The number of ether oxygens (including phenoxy) is 1. The first-order chi connectivity index (χ1) is 11.6. The van der Waals surface area contributed by atoms with Crippen LogP contribution in [0.15, 0.2) is 48.5 Å². The largest absolute Gasteiger partial charge is 0.489 e. The van der Waals surface area contributed by atoms with E-state index < -0.39 is 5.97 Å². The Morgan fingerprint density at radius 1 is 1.21 bits per heavy atom. The van der Waals surface area contributed by atoms with Gasteiger partial charge in [0, 0.05) is 6.54 Å². The Kier molecular flexibility index (Phi) is 6.35. The van der Waals surface area contributed by atoms with Crippen LogP contribution in [0.3, 0.4) is 0 Å². The number of benzene rings is 2. The molecule has 0 bridgehead atoms. The number of carboxylic acid groups (broad SMARTS) is 1. The monoisotopic (exact) mass is 324 g/mol. The van der Waals surface area contributed by atoms with Crippen LogP contribution in [0.4, 0.5) is 0 Å². The van der Waals surface area contributed by atoms with Crippen molar-refractivity contribution in [3.63, 3.8) is 0 Å². The third-order valence-electron chi connectivity index (χ3n) is 3.57. The molecule has 0 saturated carbocycles. The first kappa shape index (κ1) is 17.5. The van der Waals surface area contributed by atoms with Gasteiger partial charge < -0.3 is 9.84 Å². The quantitative estimate of drug-likeness (QED) is 0.808. The molecular formula is C19H20N2O3. The number of hydrogen-bond donors (Lipinski definition) is 1. The highest BCUT2D eigenvalue weighted by molar-refractivity contribution is 5.69. The summed E-state index contributed by atoms with van der Waals surface area (Å²) in [6, 6.07) is 17.2. The van der Waals surface area contributed by atoms with Crippen molar-refractivity contribution in [3.05, 3.63) is 65.2 Å². The number of nitrogens with zero attached hydrogens (tertiary/aromatic N) is 2. The number of hydrogen-bond acceptors (Lipinski definition) is 4. The van der Waals surface area contributed by atoms with Crippen molar-refractivity contribution in [2.24, 2.45) is 0 Å². The SMILES string of the molecule is CN(CCc1ccc(OCc2cccc(C#N)c2)cc1)CC(=O)O. The van der Waals surface area contributed by atoms with Crippen LogP contribution in [-0.4, -0.2) is 36.1 Å². The Hall–Kier alpha value is -2.84. The zero-order valence-electron chi connectivity index (χ0n) is 13.6. The summed E-state index contributed by atoms with van der Waals surface area (Å²) >= 11 is 0. The smallest absolute Gasteiger partial charge is 0.317 e. The van der Waals surface area contributed by atoms with E-state index in [4.69, 9.17) is 15.1 Å². The molecule has 0 heterocycles.